The van der Waals surface area contributed by atoms with E-state index in [0.717, 1.165) is 38.2 Å². The summed E-state index contributed by atoms with van der Waals surface area (Å²) in [4.78, 5) is 37.1. The van der Waals surface area contributed by atoms with E-state index in [1.165, 1.54) is 5.06 Å². The standard InChI is InChI=1S/C21H30N6O3/c1-24-9-11-25(12-10-24)14-19(28)23-20(22)18-8-7-17-13-26(18)21(29)27(17)30-15-16-5-3-2-4-6-16/h2-6,17-18H,7-15H2,1H3,(H2,22,23,28)/t17-,18+/m1/s1. The van der Waals surface area contributed by atoms with E-state index >= 15 is 0 Å². The zero-order chi connectivity index (χ0) is 21.1. The summed E-state index contributed by atoms with van der Waals surface area (Å²) in [7, 11) is 2.07. The highest BCUT2D eigenvalue weighted by molar-refractivity contribution is 6.01. The van der Waals surface area contributed by atoms with Gasteiger partial charge in [0.1, 0.15) is 12.4 Å². The maximum Gasteiger partial charge on any atom is 0.344 e. The molecule has 0 radical (unpaired) electrons. The fraction of sp³-hybridized carbons (Fsp3) is 0.571. The number of nitrogens with one attached hydrogen (secondary N) is 2. The molecule has 3 aliphatic rings. The Kier molecular flexibility index (Phi) is 6.31. The minimum absolute atomic E-state index is 0.00805. The number of likely N-dealkylation sites (N-methyl/N-ethyl adjacent to an activating group) is 1. The van der Waals surface area contributed by atoms with Gasteiger partial charge in [0.25, 0.3) is 0 Å². The number of fused-ring (bicyclic) bond motifs is 2. The fourth-order valence-electron chi connectivity index (χ4n) is 4.30. The van der Waals surface area contributed by atoms with Crippen LogP contribution in [-0.4, -0.2) is 95.9 Å². The number of urea groups is 1. The normalized spacial score (nSPS) is 24.9. The number of hydrogen-bond donors (Lipinski definition) is 2. The van der Waals surface area contributed by atoms with Crippen molar-refractivity contribution in [2.75, 3.05) is 46.3 Å². The fourth-order valence-corrected chi connectivity index (χ4v) is 4.30. The predicted octanol–water partition coefficient (Wildman–Crippen LogP) is 0.728. The lowest BCUT2D eigenvalue weighted by Gasteiger charge is -2.33. The molecule has 0 aromatic heterocycles. The average Bonchev–Trinajstić information content (AvgIpc) is 2.98. The molecule has 4 rings (SSSR count). The van der Waals surface area contributed by atoms with Gasteiger partial charge in [-0.15, -0.1) is 0 Å². The van der Waals surface area contributed by atoms with Gasteiger partial charge < -0.3 is 15.1 Å². The molecule has 0 spiro atoms. The lowest BCUT2D eigenvalue weighted by atomic mass is 10.00. The number of carbonyl (C=O) groups is 2. The van der Waals surface area contributed by atoms with Crippen molar-refractivity contribution in [3.63, 3.8) is 0 Å². The van der Waals surface area contributed by atoms with E-state index in [0.29, 0.717) is 19.6 Å². The van der Waals surface area contributed by atoms with Gasteiger partial charge in [0.05, 0.1) is 18.6 Å². The molecule has 3 saturated heterocycles. The summed E-state index contributed by atoms with van der Waals surface area (Å²) in [5.41, 5.74) is 1.00. The average molecular weight is 415 g/mol. The third kappa shape index (κ3) is 4.63. The predicted molar refractivity (Wildman–Crippen MR) is 112 cm³/mol. The molecule has 3 aliphatic heterocycles. The number of hydroxylamine groups is 2. The quantitative estimate of drug-likeness (QED) is 0.529. The van der Waals surface area contributed by atoms with E-state index < -0.39 is 6.04 Å². The molecule has 162 valence electrons. The Bertz CT molecular complexity index is 780. The summed E-state index contributed by atoms with van der Waals surface area (Å²) in [5.74, 6) is -0.0821. The molecule has 3 heterocycles. The maximum atomic E-state index is 12.9. The number of benzene rings is 1. The highest BCUT2D eigenvalue weighted by Crippen LogP contribution is 2.30. The van der Waals surface area contributed by atoms with Crippen molar-refractivity contribution < 1.29 is 14.4 Å². The molecule has 9 heteroatoms. The molecule has 0 saturated carbocycles. The van der Waals surface area contributed by atoms with Crippen LogP contribution in [0.2, 0.25) is 0 Å². The number of rotatable bonds is 6. The molecular formula is C21H30N6O3. The molecule has 2 bridgehead atoms. The molecule has 9 nitrogen and oxygen atoms in total. The smallest absolute Gasteiger partial charge is 0.312 e. The molecule has 0 unspecified atom stereocenters. The Labute approximate surface area is 177 Å². The summed E-state index contributed by atoms with van der Waals surface area (Å²) in [6.45, 7) is 4.72. The molecular weight excluding hydrogens is 384 g/mol. The number of amidine groups is 1. The van der Waals surface area contributed by atoms with Crippen LogP contribution in [0.15, 0.2) is 30.3 Å². The molecule has 2 atom stereocenters. The third-order valence-electron chi connectivity index (χ3n) is 6.11. The number of nitrogens with zero attached hydrogens (tertiary/aromatic N) is 4. The Morgan fingerprint density at radius 2 is 1.90 bits per heavy atom. The van der Waals surface area contributed by atoms with Crippen molar-refractivity contribution in [1.82, 2.24) is 25.1 Å². The maximum absolute atomic E-state index is 12.9. The Morgan fingerprint density at radius 1 is 1.17 bits per heavy atom. The van der Waals surface area contributed by atoms with Gasteiger partial charge in [0.2, 0.25) is 5.91 Å². The second-order valence-electron chi connectivity index (χ2n) is 8.31. The molecule has 3 amide bonds. The van der Waals surface area contributed by atoms with Crippen molar-refractivity contribution in [3.05, 3.63) is 35.9 Å². The number of carbonyl (C=O) groups excluding carboxylic acids is 2. The van der Waals surface area contributed by atoms with E-state index in [-0.39, 0.29) is 30.4 Å². The van der Waals surface area contributed by atoms with Gasteiger partial charge in [-0.3, -0.25) is 19.9 Å². The molecule has 1 aromatic carbocycles. The highest BCUT2D eigenvalue weighted by atomic mass is 16.7. The van der Waals surface area contributed by atoms with Gasteiger partial charge in [-0.2, -0.15) is 5.06 Å². The van der Waals surface area contributed by atoms with Crippen molar-refractivity contribution in [2.24, 2.45) is 0 Å². The highest BCUT2D eigenvalue weighted by Gasteiger charge is 2.47. The minimum Gasteiger partial charge on any atom is -0.312 e. The van der Waals surface area contributed by atoms with E-state index in [2.05, 4.69) is 22.2 Å². The van der Waals surface area contributed by atoms with Crippen LogP contribution in [-0.2, 0) is 16.2 Å². The number of amides is 3. The van der Waals surface area contributed by atoms with Crippen molar-refractivity contribution in [1.29, 1.82) is 5.41 Å². The van der Waals surface area contributed by atoms with Crippen LogP contribution in [0.5, 0.6) is 0 Å². The van der Waals surface area contributed by atoms with E-state index in [4.69, 9.17) is 10.2 Å². The van der Waals surface area contributed by atoms with Gasteiger partial charge in [0.15, 0.2) is 0 Å². The van der Waals surface area contributed by atoms with Gasteiger partial charge in [-0.25, -0.2) is 4.79 Å². The Hall–Kier alpha value is -2.49. The zero-order valence-electron chi connectivity index (χ0n) is 17.4. The topological polar surface area (TPSA) is 92.2 Å². The van der Waals surface area contributed by atoms with Crippen LogP contribution in [0.4, 0.5) is 4.79 Å². The third-order valence-corrected chi connectivity index (χ3v) is 6.11. The Balaban J connectivity index is 1.29. The molecule has 0 aliphatic carbocycles. The van der Waals surface area contributed by atoms with Crippen molar-refractivity contribution >= 4 is 17.8 Å². The second-order valence-corrected chi connectivity index (χ2v) is 8.31. The van der Waals surface area contributed by atoms with E-state index in [1.54, 1.807) is 4.90 Å². The van der Waals surface area contributed by atoms with Crippen molar-refractivity contribution in [2.45, 2.75) is 31.5 Å². The van der Waals surface area contributed by atoms with Crippen molar-refractivity contribution in [3.8, 4) is 0 Å². The van der Waals surface area contributed by atoms with Crippen LogP contribution in [0.1, 0.15) is 18.4 Å². The van der Waals surface area contributed by atoms with Gasteiger partial charge in [0, 0.05) is 32.7 Å². The SMILES string of the molecule is CN1CCN(CC(=O)NC(=N)[C@@H]2CC[C@@H]3CN2C(=O)N3OCc2ccccc2)CC1. The lowest BCUT2D eigenvalue weighted by molar-refractivity contribution is -0.140. The van der Waals surface area contributed by atoms with Gasteiger partial charge in [-0.1, -0.05) is 30.3 Å². The Morgan fingerprint density at radius 3 is 2.63 bits per heavy atom. The number of hydrogen-bond acceptors (Lipinski definition) is 6. The van der Waals surface area contributed by atoms with Crippen LogP contribution in [0.3, 0.4) is 0 Å². The summed E-state index contributed by atoms with van der Waals surface area (Å²) >= 11 is 0. The number of piperidine rings is 1. The largest absolute Gasteiger partial charge is 0.344 e. The summed E-state index contributed by atoms with van der Waals surface area (Å²) in [6.07, 6.45) is 1.40. The molecule has 30 heavy (non-hydrogen) atoms. The summed E-state index contributed by atoms with van der Waals surface area (Å²) < 4.78 is 0. The first-order valence-electron chi connectivity index (χ1n) is 10.6. The van der Waals surface area contributed by atoms with Crippen LogP contribution >= 0.6 is 0 Å². The van der Waals surface area contributed by atoms with Gasteiger partial charge >= 0.3 is 6.03 Å². The van der Waals surface area contributed by atoms with Crippen LogP contribution in [0.25, 0.3) is 0 Å². The van der Waals surface area contributed by atoms with Crippen LogP contribution in [0, 0.1) is 5.41 Å². The zero-order valence-corrected chi connectivity index (χ0v) is 17.4. The molecule has 1 aromatic rings. The first kappa shape index (κ1) is 20.8. The van der Waals surface area contributed by atoms with E-state index in [9.17, 15) is 9.59 Å². The van der Waals surface area contributed by atoms with Gasteiger partial charge in [-0.05, 0) is 25.5 Å². The summed E-state index contributed by atoms with van der Waals surface area (Å²) in [6, 6.07) is 9.10. The van der Waals surface area contributed by atoms with Crippen LogP contribution < -0.4 is 5.32 Å². The first-order valence-corrected chi connectivity index (χ1v) is 10.6. The summed E-state index contributed by atoms with van der Waals surface area (Å²) in [5, 5.41) is 12.6. The lowest BCUT2D eigenvalue weighted by Crippen LogP contribution is -2.53. The number of piperazine rings is 1. The molecule has 3 fully saturated rings. The minimum atomic E-state index is -0.407. The monoisotopic (exact) mass is 414 g/mol. The first-order chi connectivity index (χ1) is 14.5. The second kappa shape index (κ2) is 9.11. The van der Waals surface area contributed by atoms with E-state index in [1.807, 2.05) is 30.3 Å². The molecule has 2 N–H and O–H groups in total.